The zero-order valence-electron chi connectivity index (χ0n) is 26.9. The normalized spacial score (nSPS) is 30.5. The number of carbonyl (C=O) groups is 3. The minimum absolute atomic E-state index is 0.0834. The second-order valence-corrected chi connectivity index (χ2v) is 15.8. The van der Waals surface area contributed by atoms with Crippen LogP contribution in [0, 0.1) is 29.6 Å². The van der Waals surface area contributed by atoms with Gasteiger partial charge in [0, 0.05) is 34.6 Å². The molecule has 5 aliphatic carbocycles. The lowest BCUT2D eigenvalue weighted by Gasteiger charge is -2.45. The Balaban J connectivity index is 1.04. The molecule has 10 rings (SSSR count). The predicted molar refractivity (Wildman–Crippen MR) is 176 cm³/mol. The molecule has 4 bridgehead atoms. The van der Waals surface area contributed by atoms with Crippen molar-refractivity contribution in [3.63, 3.8) is 0 Å². The number of fused-ring (bicyclic) bond motifs is 3. The van der Waals surface area contributed by atoms with E-state index in [4.69, 9.17) is 9.47 Å². The highest BCUT2D eigenvalue weighted by molar-refractivity contribution is 7.86. The third-order valence-electron chi connectivity index (χ3n) is 11.9. The third-order valence-corrected chi connectivity index (χ3v) is 12.8. The molecular weight excluding hydrogens is 642 g/mol. The summed E-state index contributed by atoms with van der Waals surface area (Å²) >= 11 is 0. The molecule has 7 unspecified atom stereocenters. The van der Waals surface area contributed by atoms with E-state index in [9.17, 15) is 27.4 Å². The van der Waals surface area contributed by atoms with Gasteiger partial charge in [-0.05, 0) is 67.0 Å². The fourth-order valence-corrected chi connectivity index (χ4v) is 10.9. The molecule has 0 radical (unpaired) electrons. The van der Waals surface area contributed by atoms with E-state index in [-0.39, 0.29) is 52.8 Å². The Hall–Kier alpha value is -4.54. The number of likely N-dealkylation sites (tertiary alicyclic amines) is 1. The number of carbonyl (C=O) groups excluding carboxylic acids is 3. The number of esters is 2. The van der Waals surface area contributed by atoms with Crippen molar-refractivity contribution in [3.05, 3.63) is 107 Å². The first-order valence-corrected chi connectivity index (χ1v) is 18.3. The molecular formula is C39H34NO8S-. The zero-order valence-corrected chi connectivity index (χ0v) is 27.7. The summed E-state index contributed by atoms with van der Waals surface area (Å²) in [6, 6.07) is 24.9. The Morgan fingerprint density at radius 2 is 1.41 bits per heavy atom. The van der Waals surface area contributed by atoms with Gasteiger partial charge in [0.2, 0.25) is 5.91 Å². The molecule has 9 nitrogen and oxygen atoms in total. The van der Waals surface area contributed by atoms with E-state index in [1.165, 1.54) is 23.3 Å². The maximum Gasteiger partial charge on any atom is 0.315 e. The Labute approximate surface area is 284 Å². The van der Waals surface area contributed by atoms with E-state index in [0.717, 1.165) is 17.2 Å². The Morgan fingerprint density at radius 1 is 0.796 bits per heavy atom. The van der Waals surface area contributed by atoms with Gasteiger partial charge in [-0.15, -0.1) is 0 Å². The predicted octanol–water partition coefficient (Wildman–Crippen LogP) is 5.36. The molecule has 1 saturated heterocycles. The van der Waals surface area contributed by atoms with Crippen LogP contribution < -0.4 is 4.74 Å². The van der Waals surface area contributed by atoms with Gasteiger partial charge in [0.05, 0.1) is 28.7 Å². The molecule has 2 saturated carbocycles. The van der Waals surface area contributed by atoms with Crippen LogP contribution in [0.25, 0.3) is 10.8 Å². The van der Waals surface area contributed by atoms with Crippen molar-refractivity contribution < 1.29 is 36.8 Å². The van der Waals surface area contributed by atoms with E-state index < -0.39 is 50.8 Å². The summed E-state index contributed by atoms with van der Waals surface area (Å²) < 4.78 is 48.3. The highest BCUT2D eigenvalue weighted by Gasteiger charge is 2.71. The van der Waals surface area contributed by atoms with E-state index >= 15 is 0 Å². The number of hydrogen-bond donors (Lipinski definition) is 0. The second-order valence-electron chi connectivity index (χ2n) is 14.5. The molecule has 250 valence electrons. The number of rotatable bonds is 6. The van der Waals surface area contributed by atoms with Crippen LogP contribution in [0.15, 0.2) is 89.8 Å². The van der Waals surface area contributed by atoms with Crippen LogP contribution in [0.5, 0.6) is 5.75 Å². The highest BCUT2D eigenvalue weighted by atomic mass is 32.2. The Morgan fingerprint density at radius 3 is 2.04 bits per heavy atom. The van der Waals surface area contributed by atoms with E-state index in [2.05, 4.69) is 24.3 Å². The largest absolute Gasteiger partial charge is 0.744 e. The van der Waals surface area contributed by atoms with Crippen LogP contribution in [-0.2, 0) is 29.2 Å². The molecule has 7 atom stereocenters. The number of amides is 1. The van der Waals surface area contributed by atoms with Gasteiger partial charge in [0.1, 0.15) is 22.0 Å². The van der Waals surface area contributed by atoms with Crippen LogP contribution in [0.2, 0.25) is 0 Å². The molecule has 10 heteroatoms. The summed E-state index contributed by atoms with van der Waals surface area (Å²) in [5.74, 6) is -3.45. The fraction of sp³-hybridized carbons (Fsp3) is 0.359. The maximum atomic E-state index is 14.4. The first-order chi connectivity index (χ1) is 23.5. The molecule has 0 N–H and O–H groups in total. The Kier molecular flexibility index (Phi) is 6.68. The van der Waals surface area contributed by atoms with Crippen molar-refractivity contribution in [2.24, 2.45) is 29.6 Å². The number of benzene rings is 4. The summed E-state index contributed by atoms with van der Waals surface area (Å²) in [6.45, 7) is 3.88. The summed E-state index contributed by atoms with van der Waals surface area (Å²) in [7, 11) is -4.78. The highest BCUT2D eigenvalue weighted by Crippen LogP contribution is 2.61. The van der Waals surface area contributed by atoms with Crippen LogP contribution in [0.3, 0.4) is 0 Å². The van der Waals surface area contributed by atoms with Crippen molar-refractivity contribution in [3.8, 4) is 5.75 Å². The SMILES string of the molecule is CC(C)N1C(=O)C2C3CC(C(OC(=O)C4CC5c6ccccc6C4c4ccccc45)C31)C2C(=O)Oc1ccc(S(=O)(=O)[O-])c2ccccc12. The Bertz CT molecular complexity index is 2150. The fourth-order valence-electron chi connectivity index (χ4n) is 10.2. The van der Waals surface area contributed by atoms with Gasteiger partial charge in [0.15, 0.2) is 0 Å². The summed E-state index contributed by atoms with van der Waals surface area (Å²) in [5.41, 5.74) is 4.80. The van der Waals surface area contributed by atoms with E-state index in [1.807, 2.05) is 43.0 Å². The molecule has 0 spiro atoms. The number of ether oxygens (including phenoxy) is 2. The van der Waals surface area contributed by atoms with Crippen molar-refractivity contribution in [1.82, 2.24) is 4.90 Å². The average molecular weight is 677 g/mol. The minimum Gasteiger partial charge on any atom is -0.744 e. The van der Waals surface area contributed by atoms with E-state index in [1.54, 1.807) is 18.2 Å². The van der Waals surface area contributed by atoms with Gasteiger partial charge < -0.3 is 18.9 Å². The van der Waals surface area contributed by atoms with Crippen LogP contribution >= 0.6 is 0 Å². The lowest BCUT2D eigenvalue weighted by Crippen LogP contribution is -2.50. The van der Waals surface area contributed by atoms with Gasteiger partial charge in [-0.3, -0.25) is 14.4 Å². The van der Waals surface area contributed by atoms with Crippen LogP contribution in [0.4, 0.5) is 0 Å². The van der Waals surface area contributed by atoms with Gasteiger partial charge >= 0.3 is 11.9 Å². The molecule has 1 amide bonds. The van der Waals surface area contributed by atoms with Gasteiger partial charge in [-0.1, -0.05) is 72.8 Å². The lowest BCUT2D eigenvalue weighted by molar-refractivity contribution is -0.165. The zero-order chi connectivity index (χ0) is 33.9. The topological polar surface area (TPSA) is 130 Å². The summed E-state index contributed by atoms with van der Waals surface area (Å²) in [4.78, 5) is 43.9. The quantitative estimate of drug-likeness (QED) is 0.152. The first kappa shape index (κ1) is 30.5. The van der Waals surface area contributed by atoms with Gasteiger partial charge in [-0.2, -0.15) is 0 Å². The molecule has 1 heterocycles. The van der Waals surface area contributed by atoms with Crippen molar-refractivity contribution in [1.29, 1.82) is 0 Å². The van der Waals surface area contributed by atoms with E-state index in [0.29, 0.717) is 18.2 Å². The third kappa shape index (κ3) is 4.32. The monoisotopic (exact) mass is 676 g/mol. The first-order valence-electron chi connectivity index (χ1n) is 16.9. The van der Waals surface area contributed by atoms with Crippen molar-refractivity contribution in [2.45, 2.75) is 61.6 Å². The molecule has 4 aromatic carbocycles. The molecule has 1 aliphatic heterocycles. The molecule has 4 aromatic rings. The standard InChI is InChI=1S/C39H35NO8S/c1-19(2)40-35-27-18-28(34(33(27)37(40)41)39(43)47-30-15-16-31(49(44,45)46)23-12-6-5-11-22(23)30)36(35)48-38(42)29-17-26-20-9-3-7-13-24(20)32(29)25-14-8-4-10-21(25)26/h3-16,19,26-29,32-36H,17-18H2,1-2H3,(H,44,45,46)/p-1. The van der Waals surface area contributed by atoms with Crippen LogP contribution in [0.1, 0.15) is 60.8 Å². The number of hydrogen-bond acceptors (Lipinski definition) is 8. The average Bonchev–Trinajstić information content (AvgIpc) is 3.71. The maximum absolute atomic E-state index is 14.4. The van der Waals surface area contributed by atoms with Crippen molar-refractivity contribution in [2.75, 3.05) is 0 Å². The summed E-state index contributed by atoms with van der Waals surface area (Å²) in [6.07, 6.45) is 0.515. The minimum atomic E-state index is -4.78. The molecule has 3 fully saturated rings. The molecule has 6 aliphatic rings. The smallest absolute Gasteiger partial charge is 0.315 e. The van der Waals surface area contributed by atoms with Crippen LogP contribution in [-0.4, -0.2) is 53.9 Å². The van der Waals surface area contributed by atoms with Gasteiger partial charge in [0.25, 0.3) is 0 Å². The molecule has 49 heavy (non-hydrogen) atoms. The summed E-state index contributed by atoms with van der Waals surface area (Å²) in [5, 5.41) is 0.446. The lowest BCUT2D eigenvalue weighted by atomic mass is 9.59. The van der Waals surface area contributed by atoms with Gasteiger partial charge in [-0.25, -0.2) is 8.42 Å². The molecule has 0 aromatic heterocycles. The number of nitrogens with zero attached hydrogens (tertiary/aromatic N) is 1. The van der Waals surface area contributed by atoms with Crippen molar-refractivity contribution >= 4 is 38.7 Å². The second kappa shape index (κ2) is 10.7.